The van der Waals surface area contributed by atoms with Crippen LogP contribution in [0.15, 0.2) is 291 Å². The SMILES string of the molecule is c1ccc(-c2ccc(N(c3ccc(-c4ccccc4)c(-c4ccccc4)c3)c3ccccc3N(c3ccc(-c4ccccc4)cc3)c3ccc(-c4ccccc4)c(-c4ccccc4)c3)cc2)cc1. The molecule has 2 heteroatoms. The largest absolute Gasteiger partial charge is 0.308 e. The van der Waals surface area contributed by atoms with Gasteiger partial charge in [0.05, 0.1) is 11.4 Å². The third kappa shape index (κ3) is 8.63. The lowest BCUT2D eigenvalue weighted by Crippen LogP contribution is -2.17. The zero-order valence-electron chi connectivity index (χ0n) is 37.6. The average Bonchev–Trinajstić information content (AvgIpc) is 3.43. The molecule has 0 fully saturated rings. The first kappa shape index (κ1) is 41.7. The van der Waals surface area contributed by atoms with Crippen LogP contribution in [0.2, 0.25) is 0 Å². The van der Waals surface area contributed by atoms with Crippen LogP contribution in [0, 0.1) is 0 Å². The van der Waals surface area contributed by atoms with Gasteiger partial charge in [-0.25, -0.2) is 0 Å². The Morgan fingerprint density at radius 2 is 0.397 bits per heavy atom. The summed E-state index contributed by atoms with van der Waals surface area (Å²) in [6.07, 6.45) is 0. The van der Waals surface area contributed by atoms with Gasteiger partial charge in [-0.3, -0.25) is 0 Å². The second kappa shape index (κ2) is 19.2. The summed E-state index contributed by atoms with van der Waals surface area (Å²) in [6, 6.07) is 105. The van der Waals surface area contributed by atoms with Gasteiger partial charge in [0.25, 0.3) is 0 Å². The predicted molar refractivity (Wildman–Crippen MR) is 288 cm³/mol. The third-order valence-corrected chi connectivity index (χ3v) is 12.7. The van der Waals surface area contributed by atoms with Crippen molar-refractivity contribution in [3.05, 3.63) is 291 Å². The monoisotopic (exact) mass is 868 g/mol. The van der Waals surface area contributed by atoms with E-state index in [0.29, 0.717) is 0 Å². The highest BCUT2D eigenvalue weighted by molar-refractivity contribution is 5.96. The first-order valence-electron chi connectivity index (χ1n) is 23.3. The molecule has 0 bridgehead atoms. The second-order valence-electron chi connectivity index (χ2n) is 16.9. The molecule has 0 unspecified atom stereocenters. The highest BCUT2D eigenvalue weighted by Crippen LogP contribution is 2.49. The minimum absolute atomic E-state index is 1.03. The Labute approximate surface area is 400 Å². The van der Waals surface area contributed by atoms with E-state index in [1.165, 1.54) is 44.5 Å². The van der Waals surface area contributed by atoms with E-state index in [9.17, 15) is 0 Å². The highest BCUT2D eigenvalue weighted by atomic mass is 15.2. The van der Waals surface area contributed by atoms with Gasteiger partial charge in [-0.2, -0.15) is 0 Å². The van der Waals surface area contributed by atoms with Gasteiger partial charge in [0, 0.05) is 22.7 Å². The van der Waals surface area contributed by atoms with Crippen molar-refractivity contribution in [3.63, 3.8) is 0 Å². The second-order valence-corrected chi connectivity index (χ2v) is 16.9. The van der Waals surface area contributed by atoms with Gasteiger partial charge in [-0.05, 0) is 127 Å². The molecule has 0 spiro atoms. The smallest absolute Gasteiger partial charge is 0.0702 e. The molecule has 0 aromatic heterocycles. The fraction of sp³-hybridized carbons (Fsp3) is 0. The zero-order chi connectivity index (χ0) is 45.5. The Morgan fingerprint density at radius 3 is 0.706 bits per heavy atom. The number of hydrogen-bond acceptors (Lipinski definition) is 2. The summed E-state index contributed by atoms with van der Waals surface area (Å²) in [4.78, 5) is 4.85. The number of benzene rings is 11. The lowest BCUT2D eigenvalue weighted by molar-refractivity contribution is 1.23. The Morgan fingerprint density at radius 1 is 0.162 bits per heavy atom. The van der Waals surface area contributed by atoms with E-state index < -0.39 is 0 Å². The maximum atomic E-state index is 2.42. The van der Waals surface area contributed by atoms with Crippen LogP contribution in [0.1, 0.15) is 0 Å². The van der Waals surface area contributed by atoms with Crippen molar-refractivity contribution in [2.45, 2.75) is 0 Å². The Kier molecular flexibility index (Phi) is 11.8. The normalized spacial score (nSPS) is 10.9. The number of anilines is 6. The molecule has 0 radical (unpaired) electrons. The summed E-state index contributed by atoms with van der Waals surface area (Å²) in [5, 5.41) is 0. The van der Waals surface area contributed by atoms with Gasteiger partial charge < -0.3 is 9.80 Å². The summed E-state index contributed by atoms with van der Waals surface area (Å²) in [6.45, 7) is 0. The molecular formula is C66H48N2. The minimum Gasteiger partial charge on any atom is -0.308 e. The van der Waals surface area contributed by atoms with Gasteiger partial charge in [-0.1, -0.05) is 231 Å². The molecule has 0 atom stereocenters. The predicted octanol–water partition coefficient (Wildman–Crippen LogP) is 18.6. The fourth-order valence-electron chi connectivity index (χ4n) is 9.36. The summed E-state index contributed by atoms with van der Waals surface area (Å²) >= 11 is 0. The van der Waals surface area contributed by atoms with Crippen LogP contribution in [-0.4, -0.2) is 0 Å². The lowest BCUT2D eigenvalue weighted by atomic mass is 9.93. The molecule has 0 amide bonds. The van der Waals surface area contributed by atoms with Crippen LogP contribution < -0.4 is 9.80 Å². The van der Waals surface area contributed by atoms with Gasteiger partial charge in [0.1, 0.15) is 0 Å². The molecule has 0 saturated carbocycles. The zero-order valence-corrected chi connectivity index (χ0v) is 37.6. The summed E-state index contributed by atoms with van der Waals surface area (Å²) < 4.78 is 0. The van der Waals surface area contributed by atoms with Crippen LogP contribution in [0.4, 0.5) is 34.1 Å². The quantitative estimate of drug-likeness (QED) is 0.121. The number of hydrogen-bond donors (Lipinski definition) is 0. The van der Waals surface area contributed by atoms with Crippen molar-refractivity contribution in [3.8, 4) is 66.8 Å². The molecule has 11 rings (SSSR count). The molecule has 11 aromatic rings. The van der Waals surface area contributed by atoms with Crippen LogP contribution in [0.25, 0.3) is 66.8 Å². The fourth-order valence-corrected chi connectivity index (χ4v) is 9.36. The number of nitrogens with zero attached hydrogens (tertiary/aromatic N) is 2. The van der Waals surface area contributed by atoms with Gasteiger partial charge >= 0.3 is 0 Å². The highest BCUT2D eigenvalue weighted by Gasteiger charge is 2.24. The van der Waals surface area contributed by atoms with E-state index in [1.807, 2.05) is 0 Å². The Hall–Kier alpha value is -8.98. The third-order valence-electron chi connectivity index (χ3n) is 12.7. The van der Waals surface area contributed by atoms with Crippen molar-refractivity contribution < 1.29 is 0 Å². The van der Waals surface area contributed by atoms with Crippen molar-refractivity contribution in [1.82, 2.24) is 0 Å². The first-order chi connectivity index (χ1) is 33.7. The van der Waals surface area contributed by atoms with E-state index in [0.717, 1.165) is 56.4 Å². The van der Waals surface area contributed by atoms with Gasteiger partial charge in [-0.15, -0.1) is 0 Å². The molecular weight excluding hydrogens is 821 g/mol. The van der Waals surface area contributed by atoms with Crippen molar-refractivity contribution >= 4 is 34.1 Å². The maximum Gasteiger partial charge on any atom is 0.0702 e. The molecule has 0 N–H and O–H groups in total. The molecule has 0 heterocycles. The van der Waals surface area contributed by atoms with E-state index in [4.69, 9.17) is 0 Å². The van der Waals surface area contributed by atoms with Crippen molar-refractivity contribution in [1.29, 1.82) is 0 Å². The topological polar surface area (TPSA) is 6.48 Å². The van der Waals surface area contributed by atoms with Crippen LogP contribution in [0.3, 0.4) is 0 Å². The van der Waals surface area contributed by atoms with Crippen molar-refractivity contribution in [2.75, 3.05) is 9.80 Å². The number of rotatable bonds is 12. The Bertz CT molecular complexity index is 3160. The van der Waals surface area contributed by atoms with E-state index >= 15 is 0 Å². The first-order valence-corrected chi connectivity index (χ1v) is 23.3. The molecule has 0 saturated heterocycles. The lowest BCUT2D eigenvalue weighted by Gasteiger charge is -2.34. The molecule has 322 valence electrons. The van der Waals surface area contributed by atoms with Crippen LogP contribution in [-0.2, 0) is 0 Å². The summed E-state index contributed by atoms with van der Waals surface area (Å²) in [5.74, 6) is 0. The molecule has 68 heavy (non-hydrogen) atoms. The Balaban J connectivity index is 1.14. The van der Waals surface area contributed by atoms with Crippen LogP contribution in [0.5, 0.6) is 0 Å². The van der Waals surface area contributed by atoms with E-state index in [1.54, 1.807) is 0 Å². The van der Waals surface area contributed by atoms with Crippen molar-refractivity contribution in [2.24, 2.45) is 0 Å². The van der Waals surface area contributed by atoms with E-state index in [-0.39, 0.29) is 0 Å². The van der Waals surface area contributed by atoms with Gasteiger partial charge in [0.2, 0.25) is 0 Å². The molecule has 0 aliphatic heterocycles. The minimum atomic E-state index is 1.03. The number of para-hydroxylation sites is 2. The van der Waals surface area contributed by atoms with E-state index in [2.05, 4.69) is 301 Å². The molecule has 2 nitrogen and oxygen atoms in total. The summed E-state index contributed by atoms with van der Waals surface area (Å²) in [5.41, 5.74) is 20.3. The molecule has 0 aliphatic carbocycles. The maximum absolute atomic E-state index is 2.42. The molecule has 11 aromatic carbocycles. The standard InChI is InChI=1S/C66H48N2/c1-7-21-49(22-8-1)51-35-39-57(40-36-51)67(59-43-45-61(53-25-11-3-12-26-53)63(47-59)55-29-15-5-16-30-55)65-33-19-20-34-66(65)68(58-41-37-52(38-42-58)50-23-9-2-10-24-50)60-44-46-62(54-27-13-4-14-28-54)64(48-60)56-31-17-6-18-32-56/h1-48H. The van der Waals surface area contributed by atoms with Crippen LogP contribution >= 0.6 is 0 Å². The molecule has 0 aliphatic rings. The summed E-state index contributed by atoms with van der Waals surface area (Å²) in [7, 11) is 0. The van der Waals surface area contributed by atoms with Gasteiger partial charge in [0.15, 0.2) is 0 Å². The average molecular weight is 869 g/mol.